The van der Waals surface area contributed by atoms with E-state index in [1.54, 1.807) is 0 Å². The lowest BCUT2D eigenvalue weighted by Crippen LogP contribution is -3.15. The molecule has 0 bridgehead atoms. The molecule has 1 aliphatic rings. The standard InChI is InChI=1S/C16H17N3.ClH/c17-16(18)19-10-9-15-13(11-19)7-4-8-14(15)12-5-2-1-3-6-12;/h1-8H,9-11H2,(H3,17,18);1H. The molecule has 0 saturated heterocycles. The molecule has 1 unspecified atom stereocenters. The zero-order chi connectivity index (χ0) is 13.2. The molecule has 0 fully saturated rings. The lowest BCUT2D eigenvalue weighted by atomic mass is 9.91. The molecule has 2 aromatic carbocycles. The Morgan fingerprint density at radius 2 is 1.80 bits per heavy atom. The molecule has 2 aromatic rings. The van der Waals surface area contributed by atoms with Crippen LogP contribution in [0.15, 0.2) is 48.5 Å². The minimum atomic E-state index is 0. The zero-order valence-electron chi connectivity index (χ0n) is 11.2. The van der Waals surface area contributed by atoms with Crippen LogP contribution in [0, 0.1) is 5.41 Å². The summed E-state index contributed by atoms with van der Waals surface area (Å²) >= 11 is 0. The molecule has 0 saturated carbocycles. The molecule has 1 atom stereocenters. The maximum atomic E-state index is 7.59. The molecular weight excluding hydrogens is 270 g/mol. The van der Waals surface area contributed by atoms with Crippen LogP contribution < -0.4 is 23.0 Å². The Morgan fingerprint density at radius 3 is 2.50 bits per heavy atom. The summed E-state index contributed by atoms with van der Waals surface area (Å²) in [5, 5.41) is 7.59. The van der Waals surface area contributed by atoms with Gasteiger partial charge in [0.1, 0.15) is 6.54 Å². The Morgan fingerprint density at radius 1 is 1.05 bits per heavy atom. The van der Waals surface area contributed by atoms with Gasteiger partial charge in [0.15, 0.2) is 0 Å². The predicted molar refractivity (Wildman–Crippen MR) is 77.0 cm³/mol. The van der Waals surface area contributed by atoms with Crippen LogP contribution in [0.3, 0.4) is 0 Å². The lowest BCUT2D eigenvalue weighted by molar-refractivity contribution is -0.825. The van der Waals surface area contributed by atoms with Crippen LogP contribution in [0.4, 0.5) is 0 Å². The van der Waals surface area contributed by atoms with Gasteiger partial charge in [0, 0.05) is 12.0 Å². The van der Waals surface area contributed by atoms with E-state index in [0.717, 1.165) is 24.4 Å². The molecule has 3 nitrogen and oxygen atoms in total. The third kappa shape index (κ3) is 2.69. The largest absolute Gasteiger partial charge is 1.00 e. The molecule has 20 heavy (non-hydrogen) atoms. The van der Waals surface area contributed by atoms with E-state index in [2.05, 4.69) is 42.5 Å². The normalized spacial score (nSPS) is 16.9. The van der Waals surface area contributed by atoms with Crippen molar-refractivity contribution >= 4 is 5.96 Å². The quantitative estimate of drug-likeness (QED) is 0.420. The van der Waals surface area contributed by atoms with Gasteiger partial charge in [-0.05, 0) is 16.7 Å². The maximum Gasteiger partial charge on any atom is 0.290 e. The molecule has 4 N–H and O–H groups in total. The molecule has 0 aliphatic carbocycles. The van der Waals surface area contributed by atoms with Crippen molar-refractivity contribution in [2.24, 2.45) is 5.73 Å². The minimum Gasteiger partial charge on any atom is -1.00 e. The number of benzene rings is 2. The van der Waals surface area contributed by atoms with Crippen LogP contribution in [-0.4, -0.2) is 12.5 Å². The van der Waals surface area contributed by atoms with Crippen molar-refractivity contribution in [3.8, 4) is 11.1 Å². The van der Waals surface area contributed by atoms with Gasteiger partial charge in [0.2, 0.25) is 0 Å². The summed E-state index contributed by atoms with van der Waals surface area (Å²) < 4.78 is 0. The molecule has 0 amide bonds. The average molecular weight is 288 g/mol. The Kier molecular flexibility index (Phi) is 4.42. The van der Waals surface area contributed by atoms with Crippen LogP contribution in [0.25, 0.3) is 11.1 Å². The van der Waals surface area contributed by atoms with Gasteiger partial charge < -0.3 is 18.1 Å². The molecule has 1 heterocycles. The first-order valence-corrected chi connectivity index (χ1v) is 6.61. The van der Waals surface area contributed by atoms with Crippen LogP contribution in [-0.2, 0) is 13.0 Å². The fourth-order valence-corrected chi connectivity index (χ4v) is 2.81. The summed E-state index contributed by atoms with van der Waals surface area (Å²) in [6, 6.07) is 16.9. The van der Waals surface area contributed by atoms with E-state index >= 15 is 0 Å². The Labute approximate surface area is 125 Å². The highest BCUT2D eigenvalue weighted by molar-refractivity contribution is 5.70. The first kappa shape index (κ1) is 14.6. The van der Waals surface area contributed by atoms with Crippen molar-refractivity contribution in [3.63, 3.8) is 0 Å². The van der Waals surface area contributed by atoms with Crippen LogP contribution in [0.2, 0.25) is 0 Å². The van der Waals surface area contributed by atoms with Crippen LogP contribution >= 0.6 is 0 Å². The van der Waals surface area contributed by atoms with E-state index < -0.39 is 0 Å². The van der Waals surface area contributed by atoms with Gasteiger partial charge in [-0.25, -0.2) is 5.41 Å². The Hall–Kier alpha value is -1.84. The van der Waals surface area contributed by atoms with E-state index in [0.29, 0.717) is 0 Å². The van der Waals surface area contributed by atoms with Gasteiger partial charge in [0.05, 0.1) is 6.54 Å². The van der Waals surface area contributed by atoms with Crippen molar-refractivity contribution in [1.82, 2.24) is 0 Å². The molecule has 4 heteroatoms. The van der Waals surface area contributed by atoms with Crippen LogP contribution in [0.1, 0.15) is 11.1 Å². The summed E-state index contributed by atoms with van der Waals surface area (Å²) in [5.74, 6) is 0.246. The molecule has 104 valence electrons. The molecule has 0 radical (unpaired) electrons. The van der Waals surface area contributed by atoms with E-state index in [9.17, 15) is 0 Å². The van der Waals surface area contributed by atoms with Crippen molar-refractivity contribution in [1.29, 1.82) is 5.41 Å². The number of nitrogens with one attached hydrogen (secondary N) is 2. The number of fused-ring (bicyclic) bond motifs is 1. The van der Waals surface area contributed by atoms with Crippen molar-refractivity contribution in [2.75, 3.05) is 6.54 Å². The van der Waals surface area contributed by atoms with E-state index in [-0.39, 0.29) is 18.4 Å². The van der Waals surface area contributed by atoms with E-state index in [1.165, 1.54) is 22.3 Å². The summed E-state index contributed by atoms with van der Waals surface area (Å²) in [4.78, 5) is 1.07. The Balaban J connectivity index is 0.00000147. The van der Waals surface area contributed by atoms with Gasteiger partial charge in [-0.15, -0.1) is 0 Å². The third-order valence-corrected chi connectivity index (χ3v) is 3.82. The molecular formula is C16H18ClN3. The second-order valence-corrected chi connectivity index (χ2v) is 5.00. The second-order valence-electron chi connectivity index (χ2n) is 5.00. The Bertz CT molecular complexity index is 610. The number of hydrogen-bond donors (Lipinski definition) is 3. The predicted octanol–water partition coefficient (Wildman–Crippen LogP) is -1.81. The number of halogens is 1. The van der Waals surface area contributed by atoms with Gasteiger partial charge in [-0.3, -0.25) is 4.90 Å². The minimum absolute atomic E-state index is 0. The van der Waals surface area contributed by atoms with Crippen molar-refractivity contribution in [3.05, 3.63) is 59.7 Å². The fraction of sp³-hybridized carbons (Fsp3) is 0.188. The summed E-state index contributed by atoms with van der Waals surface area (Å²) in [6.45, 7) is 1.73. The van der Waals surface area contributed by atoms with Crippen molar-refractivity contribution in [2.45, 2.75) is 13.0 Å². The highest BCUT2D eigenvalue weighted by Gasteiger charge is 2.23. The number of nitrogens with two attached hydrogens (primary N) is 1. The van der Waals surface area contributed by atoms with Gasteiger partial charge >= 0.3 is 0 Å². The first-order valence-electron chi connectivity index (χ1n) is 6.61. The van der Waals surface area contributed by atoms with E-state index in [4.69, 9.17) is 11.1 Å². The first-order chi connectivity index (χ1) is 9.25. The monoisotopic (exact) mass is 287 g/mol. The number of hydrogen-bond acceptors (Lipinski definition) is 1. The number of quaternary nitrogens is 1. The summed E-state index contributed by atoms with van der Waals surface area (Å²) in [6.07, 6.45) is 0.981. The molecule has 0 aromatic heterocycles. The SMILES string of the molecule is N=C(N)[NH+]1CCc2c(cccc2-c2ccccc2)C1.[Cl-]. The number of rotatable bonds is 1. The fourth-order valence-electron chi connectivity index (χ4n) is 2.81. The average Bonchev–Trinajstić information content (AvgIpc) is 2.47. The summed E-state index contributed by atoms with van der Waals surface area (Å²) in [5.41, 5.74) is 10.9. The maximum absolute atomic E-state index is 7.59. The highest BCUT2D eigenvalue weighted by atomic mass is 35.5. The highest BCUT2D eigenvalue weighted by Crippen LogP contribution is 2.27. The van der Waals surface area contributed by atoms with Gasteiger partial charge in [-0.2, -0.15) is 0 Å². The molecule has 0 spiro atoms. The van der Waals surface area contributed by atoms with E-state index in [1.807, 2.05) is 6.07 Å². The van der Waals surface area contributed by atoms with Crippen molar-refractivity contribution < 1.29 is 17.3 Å². The zero-order valence-corrected chi connectivity index (χ0v) is 12.0. The molecule has 3 rings (SSSR count). The second kappa shape index (κ2) is 6.07. The topological polar surface area (TPSA) is 54.3 Å². The molecule has 1 aliphatic heterocycles. The number of guanidine groups is 1. The third-order valence-electron chi connectivity index (χ3n) is 3.82. The summed E-state index contributed by atoms with van der Waals surface area (Å²) in [7, 11) is 0. The van der Waals surface area contributed by atoms with Gasteiger partial charge in [0.25, 0.3) is 5.96 Å². The van der Waals surface area contributed by atoms with Crippen LogP contribution in [0.5, 0.6) is 0 Å². The smallest absolute Gasteiger partial charge is 0.290 e. The van der Waals surface area contributed by atoms with Gasteiger partial charge in [-0.1, -0.05) is 48.5 Å². The lowest BCUT2D eigenvalue weighted by Gasteiger charge is -2.25.